The van der Waals surface area contributed by atoms with Crippen molar-refractivity contribution in [1.29, 1.82) is 0 Å². The van der Waals surface area contributed by atoms with Crippen LogP contribution in [0, 0.1) is 23.3 Å². The van der Waals surface area contributed by atoms with E-state index in [0.717, 1.165) is 0 Å². The Morgan fingerprint density at radius 1 is 1.14 bits per heavy atom. The lowest BCUT2D eigenvalue weighted by molar-refractivity contribution is 0.191. The summed E-state index contributed by atoms with van der Waals surface area (Å²) in [6.45, 7) is 1.27. The van der Waals surface area contributed by atoms with Crippen molar-refractivity contribution in [2.75, 3.05) is 0 Å². The van der Waals surface area contributed by atoms with Crippen LogP contribution in [0.2, 0.25) is 0 Å². The van der Waals surface area contributed by atoms with Gasteiger partial charge in [-0.2, -0.15) is 0 Å². The Hall–Kier alpha value is -1.10. The van der Waals surface area contributed by atoms with Crippen molar-refractivity contribution in [2.45, 2.75) is 19.4 Å². The van der Waals surface area contributed by atoms with Crippen LogP contribution in [-0.4, -0.2) is 11.2 Å². The second-order valence-electron chi connectivity index (χ2n) is 3.00. The molecule has 0 fully saturated rings. The molecule has 78 valence electrons. The monoisotopic (exact) mass is 208 g/mol. The molecule has 0 heterocycles. The lowest BCUT2D eigenvalue weighted by Crippen LogP contribution is -2.11. The van der Waals surface area contributed by atoms with Crippen LogP contribution in [0.3, 0.4) is 0 Å². The normalized spacial score (nSPS) is 13.0. The summed E-state index contributed by atoms with van der Waals surface area (Å²) in [5.74, 6) is -5.83. The van der Waals surface area contributed by atoms with Crippen LogP contribution >= 0.6 is 0 Å². The summed E-state index contributed by atoms with van der Waals surface area (Å²) in [7, 11) is 0. The summed E-state index contributed by atoms with van der Waals surface area (Å²) in [6.07, 6.45) is -1.54. The number of hydrogen-bond donors (Lipinski definition) is 1. The highest BCUT2D eigenvalue weighted by Gasteiger charge is 2.19. The minimum atomic E-state index is -1.46. The van der Waals surface area contributed by atoms with Crippen LogP contribution in [0.25, 0.3) is 0 Å². The van der Waals surface area contributed by atoms with Gasteiger partial charge in [-0.05, 0) is 6.92 Å². The molecule has 0 aromatic heterocycles. The highest BCUT2D eigenvalue weighted by Crippen LogP contribution is 2.20. The number of benzene rings is 1. The van der Waals surface area contributed by atoms with E-state index in [1.165, 1.54) is 6.92 Å². The number of halogens is 4. The fraction of sp³-hybridized carbons (Fsp3) is 0.333. The molecule has 0 spiro atoms. The molecule has 0 amide bonds. The maximum absolute atomic E-state index is 12.9. The van der Waals surface area contributed by atoms with Crippen molar-refractivity contribution in [3.8, 4) is 0 Å². The van der Waals surface area contributed by atoms with E-state index in [4.69, 9.17) is 5.11 Å². The first-order chi connectivity index (χ1) is 6.43. The molecule has 0 aliphatic rings. The molecular weight excluding hydrogens is 200 g/mol. The van der Waals surface area contributed by atoms with Crippen LogP contribution < -0.4 is 0 Å². The second-order valence-corrected chi connectivity index (χ2v) is 3.00. The summed E-state index contributed by atoms with van der Waals surface area (Å²) in [5.41, 5.74) is -0.766. The first kappa shape index (κ1) is 11.0. The van der Waals surface area contributed by atoms with Gasteiger partial charge in [-0.15, -0.1) is 0 Å². The molecule has 0 unspecified atom stereocenters. The Bertz CT molecular complexity index is 323. The van der Waals surface area contributed by atoms with E-state index < -0.39 is 41.4 Å². The van der Waals surface area contributed by atoms with Gasteiger partial charge in [-0.1, -0.05) is 0 Å². The molecule has 1 aromatic rings. The molecule has 0 saturated carbocycles. The van der Waals surface area contributed by atoms with E-state index >= 15 is 0 Å². The van der Waals surface area contributed by atoms with Crippen LogP contribution in [0.15, 0.2) is 6.07 Å². The van der Waals surface area contributed by atoms with Gasteiger partial charge < -0.3 is 5.11 Å². The Morgan fingerprint density at radius 2 is 1.57 bits per heavy atom. The zero-order valence-corrected chi connectivity index (χ0v) is 7.32. The molecule has 0 aliphatic heterocycles. The van der Waals surface area contributed by atoms with E-state index in [2.05, 4.69) is 0 Å². The van der Waals surface area contributed by atoms with Crippen LogP contribution in [0.1, 0.15) is 12.5 Å². The maximum atomic E-state index is 12.9. The first-order valence-electron chi connectivity index (χ1n) is 3.93. The SMILES string of the molecule is C[C@H](O)Cc1c(F)c(F)cc(F)c1F. The molecule has 1 nitrogen and oxygen atoms in total. The van der Waals surface area contributed by atoms with Crippen molar-refractivity contribution in [3.63, 3.8) is 0 Å². The van der Waals surface area contributed by atoms with Gasteiger partial charge >= 0.3 is 0 Å². The molecular formula is C9H8F4O. The van der Waals surface area contributed by atoms with Gasteiger partial charge in [-0.3, -0.25) is 0 Å². The van der Waals surface area contributed by atoms with Crippen LogP contribution in [0.5, 0.6) is 0 Å². The quantitative estimate of drug-likeness (QED) is 0.583. The number of aliphatic hydroxyl groups is 1. The van der Waals surface area contributed by atoms with Gasteiger partial charge in [0, 0.05) is 18.1 Å². The lowest BCUT2D eigenvalue weighted by Gasteiger charge is -2.08. The molecule has 1 atom stereocenters. The van der Waals surface area contributed by atoms with E-state index in [9.17, 15) is 17.6 Å². The summed E-state index contributed by atoms with van der Waals surface area (Å²) in [6, 6.07) is 0.135. The minimum Gasteiger partial charge on any atom is -0.393 e. The minimum absolute atomic E-state index is 0.135. The number of hydrogen-bond acceptors (Lipinski definition) is 1. The average Bonchev–Trinajstić information content (AvgIpc) is 2.09. The van der Waals surface area contributed by atoms with Crippen molar-refractivity contribution in [3.05, 3.63) is 34.9 Å². The molecule has 1 N–H and O–H groups in total. The highest BCUT2D eigenvalue weighted by molar-refractivity contribution is 5.23. The molecule has 5 heteroatoms. The molecule has 0 bridgehead atoms. The van der Waals surface area contributed by atoms with E-state index in [1.54, 1.807) is 0 Å². The Morgan fingerprint density at radius 3 is 1.93 bits per heavy atom. The first-order valence-corrected chi connectivity index (χ1v) is 3.93. The molecule has 0 saturated heterocycles. The van der Waals surface area contributed by atoms with Crippen LogP contribution in [0.4, 0.5) is 17.6 Å². The largest absolute Gasteiger partial charge is 0.393 e. The van der Waals surface area contributed by atoms with E-state index in [-0.39, 0.29) is 6.07 Å². The van der Waals surface area contributed by atoms with Crippen molar-refractivity contribution >= 4 is 0 Å². The fourth-order valence-electron chi connectivity index (χ4n) is 1.10. The third-order valence-corrected chi connectivity index (χ3v) is 1.70. The predicted octanol–water partition coefficient (Wildman–Crippen LogP) is 2.17. The molecule has 1 rings (SSSR count). The summed E-state index contributed by atoms with van der Waals surface area (Å²) >= 11 is 0. The van der Waals surface area contributed by atoms with Gasteiger partial charge in [-0.25, -0.2) is 17.6 Å². The standard InChI is InChI=1S/C9H8F4O/c1-4(14)2-5-8(12)6(10)3-7(11)9(5)13/h3-4,14H,2H2,1H3/t4-/m0/s1. The maximum Gasteiger partial charge on any atom is 0.165 e. The highest BCUT2D eigenvalue weighted by atomic mass is 19.2. The Labute approximate surface area is 78.0 Å². The zero-order valence-electron chi connectivity index (χ0n) is 7.32. The van der Waals surface area contributed by atoms with Crippen molar-refractivity contribution < 1.29 is 22.7 Å². The number of aliphatic hydroxyl groups excluding tert-OH is 1. The lowest BCUT2D eigenvalue weighted by atomic mass is 10.1. The smallest absolute Gasteiger partial charge is 0.165 e. The van der Waals surface area contributed by atoms with Gasteiger partial charge in [0.05, 0.1) is 6.10 Å². The van der Waals surface area contributed by atoms with Gasteiger partial charge in [0.1, 0.15) is 0 Å². The topological polar surface area (TPSA) is 20.2 Å². The van der Waals surface area contributed by atoms with E-state index in [1.807, 2.05) is 0 Å². The van der Waals surface area contributed by atoms with E-state index in [0.29, 0.717) is 0 Å². The summed E-state index contributed by atoms with van der Waals surface area (Å²) in [5, 5.41) is 8.86. The average molecular weight is 208 g/mol. The predicted molar refractivity (Wildman–Crippen MR) is 41.7 cm³/mol. The van der Waals surface area contributed by atoms with Crippen molar-refractivity contribution in [2.24, 2.45) is 0 Å². The summed E-state index contributed by atoms with van der Waals surface area (Å²) in [4.78, 5) is 0. The zero-order chi connectivity index (χ0) is 10.9. The molecule has 0 aliphatic carbocycles. The van der Waals surface area contributed by atoms with Gasteiger partial charge in [0.2, 0.25) is 0 Å². The number of rotatable bonds is 2. The van der Waals surface area contributed by atoms with Crippen molar-refractivity contribution in [1.82, 2.24) is 0 Å². The Kier molecular flexibility index (Phi) is 3.10. The van der Waals surface area contributed by atoms with Gasteiger partial charge in [0.25, 0.3) is 0 Å². The molecule has 1 aromatic carbocycles. The van der Waals surface area contributed by atoms with Gasteiger partial charge in [0.15, 0.2) is 23.3 Å². The Balaban J connectivity index is 3.25. The third kappa shape index (κ3) is 2.04. The second kappa shape index (κ2) is 3.96. The third-order valence-electron chi connectivity index (χ3n) is 1.70. The molecule has 0 radical (unpaired) electrons. The fourth-order valence-corrected chi connectivity index (χ4v) is 1.10. The van der Waals surface area contributed by atoms with Crippen LogP contribution in [-0.2, 0) is 6.42 Å². The molecule has 14 heavy (non-hydrogen) atoms. The summed E-state index contributed by atoms with van der Waals surface area (Å²) < 4.78 is 51.0.